The van der Waals surface area contributed by atoms with E-state index >= 15 is 0 Å². The lowest BCUT2D eigenvalue weighted by atomic mass is 9.73. The second kappa shape index (κ2) is 7.66. The van der Waals surface area contributed by atoms with Gasteiger partial charge in [-0.15, -0.1) is 0 Å². The fourth-order valence-corrected chi connectivity index (χ4v) is 4.65. The summed E-state index contributed by atoms with van der Waals surface area (Å²) in [5, 5.41) is 0.697. The van der Waals surface area contributed by atoms with E-state index in [0.29, 0.717) is 17.9 Å². The Balaban J connectivity index is 1.59. The molecule has 1 aliphatic carbocycles. The van der Waals surface area contributed by atoms with Crippen molar-refractivity contribution >= 4 is 17.4 Å². The Labute approximate surface area is 180 Å². The third kappa shape index (κ3) is 3.29. The number of ether oxygens (including phenoxy) is 2. The van der Waals surface area contributed by atoms with Gasteiger partial charge >= 0.3 is 0 Å². The average Bonchev–Trinajstić information content (AvgIpc) is 2.78. The van der Waals surface area contributed by atoms with E-state index in [-0.39, 0.29) is 17.6 Å². The summed E-state index contributed by atoms with van der Waals surface area (Å²) in [5.41, 5.74) is 3.99. The van der Waals surface area contributed by atoms with Crippen LogP contribution in [0, 0.1) is 0 Å². The van der Waals surface area contributed by atoms with Gasteiger partial charge in [0.1, 0.15) is 17.3 Å². The summed E-state index contributed by atoms with van der Waals surface area (Å²) in [6, 6.07) is 23.7. The molecule has 0 saturated heterocycles. The average molecular weight is 417 g/mol. The SMILES string of the molecule is COc1ccc([C@H]2C3=C(C[C@H](c4ccc(Cl)cc4)CC3=O)Oc3ccccc32)cc1. The first-order valence-electron chi connectivity index (χ1n) is 10.1. The van der Waals surface area contributed by atoms with Crippen LogP contribution in [-0.2, 0) is 4.79 Å². The Morgan fingerprint density at radius 3 is 2.33 bits per heavy atom. The van der Waals surface area contributed by atoms with Crippen LogP contribution in [0.25, 0.3) is 0 Å². The normalized spacial score (nSPS) is 20.3. The summed E-state index contributed by atoms with van der Waals surface area (Å²) < 4.78 is 11.6. The molecule has 3 aromatic carbocycles. The van der Waals surface area contributed by atoms with Crippen LogP contribution >= 0.6 is 11.6 Å². The van der Waals surface area contributed by atoms with Crippen LogP contribution in [0.4, 0.5) is 0 Å². The lowest BCUT2D eigenvalue weighted by Gasteiger charge is -2.35. The van der Waals surface area contributed by atoms with Gasteiger partial charge in [0.15, 0.2) is 5.78 Å². The first kappa shape index (κ1) is 19.0. The molecule has 0 aromatic heterocycles. The molecule has 1 heterocycles. The van der Waals surface area contributed by atoms with E-state index in [1.807, 2.05) is 72.8 Å². The largest absolute Gasteiger partial charge is 0.497 e. The number of allylic oxidation sites excluding steroid dienone is 2. The fourth-order valence-electron chi connectivity index (χ4n) is 4.53. The number of methoxy groups -OCH3 is 1. The Morgan fingerprint density at radius 1 is 0.900 bits per heavy atom. The van der Waals surface area contributed by atoms with Gasteiger partial charge in [-0.05, 0) is 47.4 Å². The Morgan fingerprint density at radius 2 is 1.60 bits per heavy atom. The number of ketones is 1. The van der Waals surface area contributed by atoms with Gasteiger partial charge in [0, 0.05) is 34.9 Å². The van der Waals surface area contributed by atoms with E-state index in [1.54, 1.807) is 7.11 Å². The molecule has 1 aliphatic heterocycles. The van der Waals surface area contributed by atoms with Crippen LogP contribution in [0.2, 0.25) is 5.02 Å². The Hall–Kier alpha value is -3.04. The quantitative estimate of drug-likeness (QED) is 0.504. The molecule has 0 bridgehead atoms. The van der Waals surface area contributed by atoms with Crippen LogP contribution in [0.5, 0.6) is 11.5 Å². The maximum absolute atomic E-state index is 13.4. The van der Waals surface area contributed by atoms with Crippen molar-refractivity contribution < 1.29 is 14.3 Å². The van der Waals surface area contributed by atoms with Crippen LogP contribution < -0.4 is 9.47 Å². The Bertz CT molecular complexity index is 1130. The zero-order valence-electron chi connectivity index (χ0n) is 16.6. The summed E-state index contributed by atoms with van der Waals surface area (Å²) >= 11 is 6.04. The number of halogens is 1. The van der Waals surface area contributed by atoms with Gasteiger partial charge in [-0.3, -0.25) is 4.79 Å². The van der Waals surface area contributed by atoms with Crippen molar-refractivity contribution in [3.8, 4) is 11.5 Å². The second-order valence-electron chi connectivity index (χ2n) is 7.76. The van der Waals surface area contributed by atoms with Crippen molar-refractivity contribution in [3.63, 3.8) is 0 Å². The van der Waals surface area contributed by atoms with Gasteiger partial charge < -0.3 is 9.47 Å². The number of para-hydroxylation sites is 1. The summed E-state index contributed by atoms with van der Waals surface area (Å²) in [7, 11) is 1.65. The fraction of sp³-hybridized carbons (Fsp3) is 0.192. The molecule has 0 saturated carbocycles. The molecular formula is C26H21ClO3. The molecule has 30 heavy (non-hydrogen) atoms. The molecule has 0 spiro atoms. The van der Waals surface area contributed by atoms with Crippen molar-refractivity contribution in [2.45, 2.75) is 24.7 Å². The number of hydrogen-bond acceptors (Lipinski definition) is 3. The number of rotatable bonds is 3. The van der Waals surface area contributed by atoms with Crippen LogP contribution in [-0.4, -0.2) is 12.9 Å². The molecule has 2 atom stereocenters. The minimum Gasteiger partial charge on any atom is -0.497 e. The summed E-state index contributed by atoms with van der Waals surface area (Å²) in [4.78, 5) is 13.4. The highest BCUT2D eigenvalue weighted by molar-refractivity contribution is 6.30. The monoisotopic (exact) mass is 416 g/mol. The van der Waals surface area contributed by atoms with Crippen molar-refractivity contribution in [3.05, 3.63) is 106 Å². The van der Waals surface area contributed by atoms with Crippen LogP contribution in [0.3, 0.4) is 0 Å². The Kier molecular flexibility index (Phi) is 4.84. The van der Waals surface area contributed by atoms with Crippen LogP contribution in [0.15, 0.2) is 84.1 Å². The maximum atomic E-state index is 13.4. The zero-order valence-corrected chi connectivity index (χ0v) is 17.4. The van der Waals surface area contributed by atoms with Gasteiger partial charge in [0.05, 0.1) is 7.11 Å². The highest BCUT2D eigenvalue weighted by Crippen LogP contribution is 2.49. The zero-order chi connectivity index (χ0) is 20.7. The molecular weight excluding hydrogens is 396 g/mol. The highest BCUT2D eigenvalue weighted by atomic mass is 35.5. The van der Waals surface area contributed by atoms with E-state index < -0.39 is 0 Å². The lowest BCUT2D eigenvalue weighted by molar-refractivity contribution is -0.117. The molecule has 0 N–H and O–H groups in total. The minimum absolute atomic E-state index is 0.0929. The molecule has 0 radical (unpaired) electrons. The number of benzene rings is 3. The molecule has 4 heteroatoms. The number of Topliss-reactive ketones (excluding diaryl/α,β-unsaturated/α-hetero) is 1. The van der Waals surface area contributed by atoms with E-state index in [0.717, 1.165) is 39.5 Å². The van der Waals surface area contributed by atoms with E-state index in [2.05, 4.69) is 0 Å². The predicted octanol–water partition coefficient (Wildman–Crippen LogP) is 6.27. The third-order valence-electron chi connectivity index (χ3n) is 6.01. The number of hydrogen-bond donors (Lipinski definition) is 0. The molecule has 0 unspecified atom stereocenters. The van der Waals surface area contributed by atoms with Crippen molar-refractivity contribution in [2.75, 3.05) is 7.11 Å². The third-order valence-corrected chi connectivity index (χ3v) is 6.26. The molecule has 0 amide bonds. The number of carbonyl (C=O) groups excluding carboxylic acids is 1. The summed E-state index contributed by atoms with van der Waals surface area (Å²) in [5.74, 6) is 2.51. The molecule has 2 aliphatic rings. The minimum atomic E-state index is -0.130. The van der Waals surface area contributed by atoms with Crippen molar-refractivity contribution in [2.24, 2.45) is 0 Å². The lowest BCUT2D eigenvalue weighted by Crippen LogP contribution is -2.28. The van der Waals surface area contributed by atoms with Gasteiger partial charge in [-0.1, -0.05) is 54.1 Å². The topological polar surface area (TPSA) is 35.5 Å². The van der Waals surface area contributed by atoms with E-state index in [9.17, 15) is 4.79 Å². The summed E-state index contributed by atoms with van der Waals surface area (Å²) in [6.07, 6.45) is 1.17. The second-order valence-corrected chi connectivity index (χ2v) is 8.20. The molecule has 0 fully saturated rings. The predicted molar refractivity (Wildman–Crippen MR) is 117 cm³/mol. The van der Waals surface area contributed by atoms with Crippen LogP contribution in [0.1, 0.15) is 41.4 Å². The number of carbonyl (C=O) groups is 1. The van der Waals surface area contributed by atoms with Crippen molar-refractivity contribution in [1.29, 1.82) is 0 Å². The standard InChI is InChI=1S/C26H21ClO3/c1-29-20-12-8-17(9-13-20)25-21-4-2-3-5-23(21)30-24-15-18(14-22(28)26(24)25)16-6-10-19(27)11-7-16/h2-13,18,25H,14-15H2,1H3/t18-,25-/m1/s1. The van der Waals surface area contributed by atoms with E-state index in [4.69, 9.17) is 21.1 Å². The first-order chi connectivity index (χ1) is 14.6. The van der Waals surface area contributed by atoms with Gasteiger partial charge in [0.25, 0.3) is 0 Å². The molecule has 150 valence electrons. The highest BCUT2D eigenvalue weighted by Gasteiger charge is 2.39. The molecule has 3 nitrogen and oxygen atoms in total. The number of fused-ring (bicyclic) bond motifs is 1. The van der Waals surface area contributed by atoms with Crippen molar-refractivity contribution in [1.82, 2.24) is 0 Å². The maximum Gasteiger partial charge on any atom is 0.163 e. The molecule has 3 aromatic rings. The van der Waals surface area contributed by atoms with E-state index in [1.165, 1.54) is 0 Å². The molecule has 5 rings (SSSR count). The van der Waals surface area contributed by atoms with Gasteiger partial charge in [-0.2, -0.15) is 0 Å². The smallest absolute Gasteiger partial charge is 0.163 e. The van der Waals surface area contributed by atoms with Gasteiger partial charge in [-0.25, -0.2) is 0 Å². The van der Waals surface area contributed by atoms with Gasteiger partial charge in [0.2, 0.25) is 0 Å². The first-order valence-corrected chi connectivity index (χ1v) is 10.4. The summed E-state index contributed by atoms with van der Waals surface area (Å²) in [6.45, 7) is 0.